The van der Waals surface area contributed by atoms with Gasteiger partial charge < -0.3 is 19.6 Å². The summed E-state index contributed by atoms with van der Waals surface area (Å²) in [7, 11) is -8.85. The van der Waals surface area contributed by atoms with Gasteiger partial charge in [-0.2, -0.15) is 0 Å². The van der Waals surface area contributed by atoms with Gasteiger partial charge in [0.2, 0.25) is 0 Å². The molecule has 0 atom stereocenters. The smallest absolute Gasteiger partial charge is 0.303 e. The zero-order chi connectivity index (χ0) is 24.9. The maximum absolute atomic E-state index is 12.0. The van der Waals surface area contributed by atoms with Crippen molar-refractivity contribution in [1.82, 2.24) is 0 Å². The summed E-state index contributed by atoms with van der Waals surface area (Å²) in [5.74, 6) is 0.288. The van der Waals surface area contributed by atoms with Crippen LogP contribution < -0.4 is 0 Å². The van der Waals surface area contributed by atoms with Gasteiger partial charge in [-0.05, 0) is 36.5 Å². The van der Waals surface area contributed by atoms with E-state index in [1.165, 1.54) is 0 Å². The first-order chi connectivity index (χ1) is 14.5. The van der Waals surface area contributed by atoms with E-state index in [2.05, 4.69) is 9.05 Å². The molecule has 0 aromatic heterocycles. The summed E-state index contributed by atoms with van der Waals surface area (Å²) in [6.45, 7) is 7.72. The fraction of sp³-hybridized carbons (Fsp3) is 0.952. The molecule has 0 saturated heterocycles. The summed E-state index contributed by atoms with van der Waals surface area (Å²) in [5.41, 5.74) is -0.586. The Kier molecular flexibility index (Phi) is 15.0. The molecule has 0 unspecified atom stereocenters. The number of hydrogen-bond acceptors (Lipinski definition) is 5. The highest BCUT2D eigenvalue weighted by molar-refractivity contribution is 7.46. The number of carbonyl (C=O) groups is 1. The Morgan fingerprint density at radius 3 is 1.25 bits per heavy atom. The van der Waals surface area contributed by atoms with Gasteiger partial charge in [-0.15, -0.1) is 0 Å². The van der Waals surface area contributed by atoms with E-state index in [0.29, 0.717) is 12.8 Å². The van der Waals surface area contributed by atoms with Gasteiger partial charge in [0.1, 0.15) is 5.78 Å². The molecule has 0 aromatic carbocycles. The first-order valence-corrected chi connectivity index (χ1v) is 14.5. The largest absolute Gasteiger partial charge is 0.469 e. The van der Waals surface area contributed by atoms with Gasteiger partial charge in [0.15, 0.2) is 0 Å². The molecule has 0 heterocycles. The number of phosphoric acid groups is 2. The Morgan fingerprint density at radius 2 is 0.938 bits per heavy atom. The zero-order valence-corrected chi connectivity index (χ0v) is 21.9. The lowest BCUT2D eigenvalue weighted by molar-refractivity contribution is -0.119. The maximum atomic E-state index is 12.0. The average molecular weight is 503 g/mol. The fourth-order valence-electron chi connectivity index (χ4n) is 3.35. The summed E-state index contributed by atoms with van der Waals surface area (Å²) in [4.78, 5) is 47.1. The molecule has 0 saturated carbocycles. The Hall–Kier alpha value is -0.110. The topological polar surface area (TPSA) is 151 Å². The molecular weight excluding hydrogens is 458 g/mol. The van der Waals surface area contributed by atoms with Gasteiger partial charge >= 0.3 is 15.6 Å². The molecule has 11 heteroatoms. The van der Waals surface area contributed by atoms with Crippen LogP contribution in [0.2, 0.25) is 0 Å². The van der Waals surface area contributed by atoms with Crippen molar-refractivity contribution in [2.45, 2.75) is 105 Å². The first kappa shape index (κ1) is 31.9. The normalized spacial score (nSPS) is 13.5. The highest BCUT2D eigenvalue weighted by Gasteiger charge is 2.24. The minimum absolute atomic E-state index is 0.0223. The van der Waals surface area contributed by atoms with Gasteiger partial charge in [-0.1, -0.05) is 66.2 Å². The molecule has 4 N–H and O–H groups in total. The molecule has 0 radical (unpaired) electrons. The predicted octanol–water partition coefficient (Wildman–Crippen LogP) is 5.51. The van der Waals surface area contributed by atoms with Crippen LogP contribution in [0, 0.1) is 10.8 Å². The third-order valence-electron chi connectivity index (χ3n) is 5.37. The standard InChI is InChI=1S/C21H44O9P2/c1-20(2,17-29-31(23,24)25)15-11-7-5-9-13-19(22)14-10-6-8-12-16-21(3,4)18-30-32(26,27)28/h5-18H2,1-4H3,(H2,23,24,25)(H2,26,27,28). The molecule has 0 bridgehead atoms. The van der Waals surface area contributed by atoms with Crippen LogP contribution in [0.3, 0.4) is 0 Å². The molecule has 192 valence electrons. The lowest BCUT2D eigenvalue weighted by Gasteiger charge is -2.24. The maximum Gasteiger partial charge on any atom is 0.469 e. The van der Waals surface area contributed by atoms with E-state index in [1.54, 1.807) is 0 Å². The lowest BCUT2D eigenvalue weighted by Crippen LogP contribution is -2.18. The van der Waals surface area contributed by atoms with Crippen molar-refractivity contribution in [1.29, 1.82) is 0 Å². The summed E-state index contributed by atoms with van der Waals surface area (Å²) in [6, 6.07) is 0. The van der Waals surface area contributed by atoms with Crippen LogP contribution in [0.5, 0.6) is 0 Å². The molecule has 32 heavy (non-hydrogen) atoms. The predicted molar refractivity (Wildman–Crippen MR) is 124 cm³/mol. The second-order valence-corrected chi connectivity index (χ2v) is 12.7. The second-order valence-electron chi connectivity index (χ2n) is 10.2. The lowest BCUT2D eigenvalue weighted by atomic mass is 9.87. The second kappa shape index (κ2) is 15.0. The quantitative estimate of drug-likeness (QED) is 0.125. The Morgan fingerprint density at radius 1 is 0.625 bits per heavy atom. The molecule has 0 rings (SSSR count). The molecular formula is C21H44O9P2. The van der Waals surface area contributed by atoms with E-state index in [-0.39, 0.29) is 29.8 Å². The van der Waals surface area contributed by atoms with Gasteiger partial charge in [0.25, 0.3) is 0 Å². The van der Waals surface area contributed by atoms with Crippen LogP contribution in [0.25, 0.3) is 0 Å². The number of hydrogen-bond donors (Lipinski definition) is 4. The number of rotatable bonds is 20. The van der Waals surface area contributed by atoms with E-state index < -0.39 is 15.6 Å². The Bertz CT molecular complexity index is 571. The van der Waals surface area contributed by atoms with E-state index >= 15 is 0 Å². The van der Waals surface area contributed by atoms with Crippen LogP contribution in [0.4, 0.5) is 0 Å². The molecule has 0 amide bonds. The van der Waals surface area contributed by atoms with Crippen molar-refractivity contribution in [3.63, 3.8) is 0 Å². The van der Waals surface area contributed by atoms with Gasteiger partial charge in [0, 0.05) is 12.8 Å². The van der Waals surface area contributed by atoms with Crippen LogP contribution in [0.15, 0.2) is 0 Å². The summed E-state index contributed by atoms with van der Waals surface area (Å²) in [6.07, 6.45) is 10.3. The van der Waals surface area contributed by atoms with Crippen LogP contribution in [0.1, 0.15) is 105 Å². The highest BCUT2D eigenvalue weighted by atomic mass is 31.2. The molecule has 0 aliphatic rings. The molecule has 0 aliphatic carbocycles. The molecule has 9 nitrogen and oxygen atoms in total. The van der Waals surface area contributed by atoms with Crippen LogP contribution >= 0.6 is 15.6 Å². The van der Waals surface area contributed by atoms with E-state index in [4.69, 9.17) is 19.6 Å². The van der Waals surface area contributed by atoms with Crippen molar-refractivity contribution in [3.05, 3.63) is 0 Å². The Labute approximate surface area is 193 Å². The summed E-state index contributed by atoms with van der Waals surface area (Å²) in [5, 5.41) is 0. The third kappa shape index (κ3) is 21.7. The highest BCUT2D eigenvalue weighted by Crippen LogP contribution is 2.40. The number of Topliss-reactive ketones (excluding diaryl/α,β-unsaturated/α-hetero) is 1. The molecule has 0 aliphatic heterocycles. The van der Waals surface area contributed by atoms with Crippen molar-refractivity contribution >= 4 is 21.4 Å². The third-order valence-corrected chi connectivity index (χ3v) is 6.30. The van der Waals surface area contributed by atoms with Crippen molar-refractivity contribution in [2.24, 2.45) is 10.8 Å². The molecule has 0 fully saturated rings. The van der Waals surface area contributed by atoms with Crippen LogP contribution in [-0.4, -0.2) is 38.6 Å². The van der Waals surface area contributed by atoms with E-state index in [1.807, 2.05) is 27.7 Å². The molecule has 0 spiro atoms. The monoisotopic (exact) mass is 502 g/mol. The first-order valence-electron chi connectivity index (χ1n) is 11.4. The summed E-state index contributed by atoms with van der Waals surface area (Å²) >= 11 is 0. The van der Waals surface area contributed by atoms with E-state index in [0.717, 1.165) is 64.2 Å². The minimum atomic E-state index is -4.42. The number of phosphoric ester groups is 2. The SMILES string of the molecule is CC(C)(CCCCCCC(=O)CCCCCCC(C)(C)COP(=O)(O)O)COP(=O)(O)O. The number of unbranched alkanes of at least 4 members (excludes halogenated alkanes) is 6. The Balaban J connectivity index is 3.69. The van der Waals surface area contributed by atoms with Crippen molar-refractivity contribution in [2.75, 3.05) is 13.2 Å². The average Bonchev–Trinajstić information content (AvgIpc) is 2.63. The van der Waals surface area contributed by atoms with Crippen molar-refractivity contribution < 1.29 is 42.5 Å². The van der Waals surface area contributed by atoms with Crippen LogP contribution in [-0.2, 0) is 23.0 Å². The van der Waals surface area contributed by atoms with Gasteiger partial charge in [-0.3, -0.25) is 13.8 Å². The number of carbonyl (C=O) groups excluding carboxylic acids is 1. The summed E-state index contributed by atoms with van der Waals surface area (Å²) < 4.78 is 30.8. The van der Waals surface area contributed by atoms with Crippen molar-refractivity contribution in [3.8, 4) is 0 Å². The van der Waals surface area contributed by atoms with Gasteiger partial charge in [0.05, 0.1) is 13.2 Å². The molecule has 0 aromatic rings. The van der Waals surface area contributed by atoms with Gasteiger partial charge in [-0.25, -0.2) is 9.13 Å². The fourth-order valence-corrected chi connectivity index (χ4v) is 4.38. The zero-order valence-electron chi connectivity index (χ0n) is 20.1. The number of ketones is 1. The minimum Gasteiger partial charge on any atom is -0.303 e. The van der Waals surface area contributed by atoms with E-state index in [9.17, 15) is 13.9 Å².